The van der Waals surface area contributed by atoms with Crippen LogP contribution in [0.1, 0.15) is 32.1 Å². The Kier molecular flexibility index (Phi) is 2.00. The van der Waals surface area contributed by atoms with Gasteiger partial charge in [0, 0.05) is 12.8 Å². The normalized spacial score (nSPS) is 23.0. The molecule has 0 spiro atoms. The second-order valence-corrected chi connectivity index (χ2v) is 2.46. The lowest BCUT2D eigenvalue weighted by molar-refractivity contribution is -0.529. The minimum absolute atomic E-state index is 0.392. The van der Waals surface area contributed by atoms with E-state index in [9.17, 15) is 0 Å². The van der Waals surface area contributed by atoms with Crippen LogP contribution in [-0.4, -0.2) is 6.04 Å². The Morgan fingerprint density at radius 2 is 1.75 bits per heavy atom. The molecule has 8 heavy (non-hydrogen) atoms. The van der Waals surface area contributed by atoms with E-state index in [1.807, 2.05) is 0 Å². The van der Waals surface area contributed by atoms with Crippen LogP contribution in [-0.2, 0) is 0 Å². The first-order valence-corrected chi connectivity index (χ1v) is 3.33. The SMILES string of the molecule is [N-]=[NH+]C1CCCCC1. The van der Waals surface area contributed by atoms with Crippen LogP contribution in [0.15, 0.2) is 0 Å². The topological polar surface area (TPSA) is 36.3 Å². The zero-order valence-corrected chi connectivity index (χ0v) is 5.06. The maximum atomic E-state index is 8.44. The van der Waals surface area contributed by atoms with E-state index in [4.69, 9.17) is 5.53 Å². The van der Waals surface area contributed by atoms with Crippen molar-refractivity contribution in [1.29, 1.82) is 0 Å². The summed E-state index contributed by atoms with van der Waals surface area (Å²) in [5, 5.41) is 2.30. The maximum absolute atomic E-state index is 8.44. The Morgan fingerprint density at radius 1 is 1.12 bits per heavy atom. The van der Waals surface area contributed by atoms with Crippen molar-refractivity contribution in [3.05, 3.63) is 5.53 Å². The van der Waals surface area contributed by atoms with Gasteiger partial charge in [-0.05, 0) is 12.8 Å². The first-order chi connectivity index (χ1) is 3.93. The molecule has 0 bridgehead atoms. The summed E-state index contributed by atoms with van der Waals surface area (Å²) in [5.41, 5.74) is 8.44. The van der Waals surface area contributed by atoms with Gasteiger partial charge in [0.2, 0.25) is 0 Å². The van der Waals surface area contributed by atoms with E-state index in [1.165, 1.54) is 19.3 Å². The van der Waals surface area contributed by atoms with E-state index in [1.54, 1.807) is 0 Å². The molecule has 0 aromatic carbocycles. The van der Waals surface area contributed by atoms with Crippen molar-refractivity contribution in [3.8, 4) is 0 Å². The lowest BCUT2D eigenvalue weighted by Gasteiger charge is -2.13. The molecule has 0 amide bonds. The first kappa shape index (κ1) is 5.73. The molecule has 0 radical (unpaired) electrons. The molecule has 2 heteroatoms. The van der Waals surface area contributed by atoms with E-state index in [0.29, 0.717) is 6.04 Å². The number of nitrogens with one attached hydrogen (secondary N) is 1. The molecule has 0 aromatic rings. The van der Waals surface area contributed by atoms with Crippen molar-refractivity contribution in [2.24, 2.45) is 0 Å². The van der Waals surface area contributed by atoms with Crippen molar-refractivity contribution in [2.45, 2.75) is 38.1 Å². The van der Waals surface area contributed by atoms with Gasteiger partial charge in [0.1, 0.15) is 6.04 Å². The molecular formula is C6H12N2. The Labute approximate surface area is 49.8 Å². The van der Waals surface area contributed by atoms with Crippen LogP contribution in [0.2, 0.25) is 0 Å². The van der Waals surface area contributed by atoms with Crippen molar-refractivity contribution in [2.75, 3.05) is 0 Å². The van der Waals surface area contributed by atoms with Crippen molar-refractivity contribution in [3.63, 3.8) is 0 Å². The molecule has 46 valence electrons. The molecular weight excluding hydrogens is 100 g/mol. The van der Waals surface area contributed by atoms with Crippen molar-refractivity contribution >= 4 is 0 Å². The quantitative estimate of drug-likeness (QED) is 0.477. The third-order valence-corrected chi connectivity index (χ3v) is 1.79. The van der Waals surface area contributed by atoms with Gasteiger partial charge in [0.15, 0.2) is 0 Å². The summed E-state index contributed by atoms with van der Waals surface area (Å²) in [5.74, 6) is 0. The number of rotatable bonds is 1. The second-order valence-electron chi connectivity index (χ2n) is 2.46. The minimum Gasteiger partial charge on any atom is -0.508 e. The fraction of sp³-hybridized carbons (Fsp3) is 1.00. The van der Waals surface area contributed by atoms with Crippen LogP contribution in [0.25, 0.3) is 5.53 Å². The van der Waals surface area contributed by atoms with E-state index in [2.05, 4.69) is 5.11 Å². The van der Waals surface area contributed by atoms with Crippen LogP contribution >= 0.6 is 0 Å². The standard InChI is InChI=1S/C6H12N2/c7-8-6-4-2-1-3-5-6/h6,8H,1-5H2. The summed E-state index contributed by atoms with van der Waals surface area (Å²) in [4.78, 5) is 0. The van der Waals surface area contributed by atoms with Crippen molar-refractivity contribution < 1.29 is 5.11 Å². The Morgan fingerprint density at radius 3 is 2.12 bits per heavy atom. The smallest absolute Gasteiger partial charge is 0.139 e. The molecule has 1 aliphatic rings. The van der Waals surface area contributed by atoms with Gasteiger partial charge in [-0.1, -0.05) is 6.42 Å². The van der Waals surface area contributed by atoms with Gasteiger partial charge in [-0.15, -0.1) is 0 Å². The summed E-state index contributed by atoms with van der Waals surface area (Å²) in [6.45, 7) is 0. The van der Waals surface area contributed by atoms with Crippen molar-refractivity contribution in [1.82, 2.24) is 0 Å². The number of hydrogen-bond donors (Lipinski definition) is 1. The Hall–Kier alpha value is -0.400. The van der Waals surface area contributed by atoms with E-state index >= 15 is 0 Å². The number of nitrogens with zero attached hydrogens (tertiary/aromatic N) is 1. The predicted molar refractivity (Wildman–Crippen MR) is 31.2 cm³/mol. The number of hydrogen-bond acceptors (Lipinski definition) is 0. The highest BCUT2D eigenvalue weighted by Gasteiger charge is 2.12. The predicted octanol–water partition coefficient (Wildman–Crippen LogP) is 0.421. The summed E-state index contributed by atoms with van der Waals surface area (Å²) in [6, 6.07) is 0.392. The average molecular weight is 112 g/mol. The highest BCUT2D eigenvalue weighted by Crippen LogP contribution is 2.13. The van der Waals surface area contributed by atoms with Crippen LogP contribution in [0, 0.1) is 0 Å². The minimum atomic E-state index is 0.392. The van der Waals surface area contributed by atoms with Gasteiger partial charge in [0.05, 0.1) is 0 Å². The zero-order valence-electron chi connectivity index (χ0n) is 5.06. The third kappa shape index (κ3) is 1.29. The highest BCUT2D eigenvalue weighted by molar-refractivity contribution is 4.61. The molecule has 1 fully saturated rings. The molecule has 1 saturated carbocycles. The van der Waals surface area contributed by atoms with Gasteiger partial charge in [0.25, 0.3) is 0 Å². The summed E-state index contributed by atoms with van der Waals surface area (Å²) >= 11 is 0. The fourth-order valence-corrected chi connectivity index (χ4v) is 1.23. The summed E-state index contributed by atoms with van der Waals surface area (Å²) < 4.78 is 0. The molecule has 1 aliphatic carbocycles. The first-order valence-electron chi connectivity index (χ1n) is 3.33. The zero-order chi connectivity index (χ0) is 5.82. The van der Waals surface area contributed by atoms with Crippen LogP contribution < -0.4 is 5.11 Å². The molecule has 0 atom stereocenters. The molecule has 0 unspecified atom stereocenters. The fourth-order valence-electron chi connectivity index (χ4n) is 1.23. The van der Waals surface area contributed by atoms with E-state index in [0.717, 1.165) is 12.8 Å². The van der Waals surface area contributed by atoms with E-state index < -0.39 is 0 Å². The summed E-state index contributed by atoms with van der Waals surface area (Å²) in [6.07, 6.45) is 6.20. The second kappa shape index (κ2) is 2.80. The molecule has 0 heterocycles. The van der Waals surface area contributed by atoms with Gasteiger partial charge in [-0.2, -0.15) is 0 Å². The van der Waals surface area contributed by atoms with Gasteiger partial charge in [-0.3, -0.25) is 0 Å². The van der Waals surface area contributed by atoms with Gasteiger partial charge in [-0.25, -0.2) is 0 Å². The lowest BCUT2D eigenvalue weighted by Crippen LogP contribution is -2.71. The average Bonchev–Trinajstić information content (AvgIpc) is 1.90. The highest BCUT2D eigenvalue weighted by atomic mass is 15.0. The molecule has 1 N–H and O–H groups in total. The van der Waals surface area contributed by atoms with E-state index in [-0.39, 0.29) is 0 Å². The summed E-state index contributed by atoms with van der Waals surface area (Å²) in [7, 11) is 0. The molecule has 0 saturated heterocycles. The van der Waals surface area contributed by atoms with Crippen LogP contribution in [0.5, 0.6) is 0 Å². The molecule has 2 nitrogen and oxygen atoms in total. The van der Waals surface area contributed by atoms with Crippen LogP contribution in [0.3, 0.4) is 0 Å². The molecule has 0 aromatic heterocycles. The molecule has 1 rings (SSSR count). The molecule has 0 aliphatic heterocycles. The van der Waals surface area contributed by atoms with Crippen LogP contribution in [0.4, 0.5) is 0 Å². The lowest BCUT2D eigenvalue weighted by atomic mass is 9.96. The monoisotopic (exact) mass is 112 g/mol. The van der Waals surface area contributed by atoms with Gasteiger partial charge < -0.3 is 10.6 Å². The maximum Gasteiger partial charge on any atom is 0.139 e. The largest absolute Gasteiger partial charge is 0.508 e. The Bertz CT molecular complexity index is 74.6. The third-order valence-electron chi connectivity index (χ3n) is 1.79. The Balaban J connectivity index is 2.22. The van der Waals surface area contributed by atoms with Gasteiger partial charge >= 0.3 is 0 Å².